The van der Waals surface area contributed by atoms with Crippen LogP contribution in [0.1, 0.15) is 10.4 Å². The Balaban J connectivity index is 2.44. The van der Waals surface area contributed by atoms with Crippen LogP contribution in [0.4, 0.5) is 0 Å². The van der Waals surface area contributed by atoms with Gasteiger partial charge in [0.1, 0.15) is 17.1 Å². The van der Waals surface area contributed by atoms with Gasteiger partial charge in [-0.2, -0.15) is 0 Å². The van der Waals surface area contributed by atoms with E-state index in [1.54, 1.807) is 36.4 Å². The second-order valence-electron chi connectivity index (χ2n) is 3.59. The van der Waals surface area contributed by atoms with Crippen LogP contribution in [0.3, 0.4) is 0 Å². The molecule has 2 aromatic carbocycles. The van der Waals surface area contributed by atoms with Crippen molar-refractivity contribution in [2.45, 2.75) is 0 Å². The molecule has 0 unspecified atom stereocenters. The molecule has 0 aromatic heterocycles. The summed E-state index contributed by atoms with van der Waals surface area (Å²) >= 11 is 12.5. The molecule has 0 fully saturated rings. The number of carboxylic acids is 1. The van der Waals surface area contributed by atoms with Crippen molar-refractivity contribution >= 4 is 49.4 Å². The van der Waals surface area contributed by atoms with Crippen molar-refractivity contribution in [3.8, 4) is 11.5 Å². The van der Waals surface area contributed by atoms with Crippen LogP contribution in [0.25, 0.3) is 0 Å². The van der Waals surface area contributed by atoms with Crippen molar-refractivity contribution in [3.05, 3.63) is 55.9 Å². The third kappa shape index (κ3) is 3.29. The fraction of sp³-hybridized carbons (Fsp3) is 0. The molecule has 2 aromatic rings. The zero-order valence-corrected chi connectivity index (χ0v) is 13.3. The minimum absolute atomic E-state index is 0.0569. The zero-order valence-electron chi connectivity index (χ0n) is 9.36. The summed E-state index contributed by atoms with van der Waals surface area (Å²) < 4.78 is 6.84. The summed E-state index contributed by atoms with van der Waals surface area (Å²) in [6.07, 6.45) is 0. The third-order valence-electron chi connectivity index (χ3n) is 2.30. The molecule has 0 saturated carbocycles. The van der Waals surface area contributed by atoms with E-state index in [0.29, 0.717) is 15.2 Å². The lowest BCUT2D eigenvalue weighted by Crippen LogP contribution is -2.01. The van der Waals surface area contributed by atoms with Crippen LogP contribution in [0.2, 0.25) is 5.02 Å². The maximum Gasteiger partial charge on any atom is 0.340 e. The van der Waals surface area contributed by atoms with Crippen LogP contribution in [-0.2, 0) is 0 Å². The monoisotopic (exact) mass is 404 g/mol. The first kappa shape index (κ1) is 14.4. The SMILES string of the molecule is O=C(O)c1c(Br)cccc1Oc1ccc(Br)cc1Cl. The summed E-state index contributed by atoms with van der Waals surface area (Å²) in [4.78, 5) is 11.2. The number of carboxylic acid groups (broad SMARTS) is 1. The first-order valence-corrected chi connectivity index (χ1v) is 7.10. The molecule has 19 heavy (non-hydrogen) atoms. The van der Waals surface area contributed by atoms with E-state index in [-0.39, 0.29) is 11.3 Å². The van der Waals surface area contributed by atoms with Gasteiger partial charge in [0.25, 0.3) is 0 Å². The number of carbonyl (C=O) groups is 1. The second-order valence-corrected chi connectivity index (χ2v) is 5.77. The van der Waals surface area contributed by atoms with Crippen LogP contribution in [0.5, 0.6) is 11.5 Å². The van der Waals surface area contributed by atoms with Gasteiger partial charge in [0, 0.05) is 8.95 Å². The molecule has 1 N–H and O–H groups in total. The largest absolute Gasteiger partial charge is 0.478 e. The molecule has 2 rings (SSSR count). The summed E-state index contributed by atoms with van der Waals surface area (Å²) in [5.41, 5.74) is 0.0569. The minimum atomic E-state index is -1.07. The molecule has 0 amide bonds. The van der Waals surface area contributed by atoms with Crippen molar-refractivity contribution in [2.24, 2.45) is 0 Å². The van der Waals surface area contributed by atoms with E-state index in [4.69, 9.17) is 16.3 Å². The van der Waals surface area contributed by atoms with E-state index < -0.39 is 5.97 Å². The van der Waals surface area contributed by atoms with Gasteiger partial charge in [-0.15, -0.1) is 0 Å². The number of hydrogen-bond acceptors (Lipinski definition) is 2. The van der Waals surface area contributed by atoms with Gasteiger partial charge in [-0.25, -0.2) is 4.79 Å². The predicted octanol–water partition coefficient (Wildman–Crippen LogP) is 5.36. The van der Waals surface area contributed by atoms with E-state index in [1.165, 1.54) is 0 Å². The molecule has 0 aliphatic heterocycles. The lowest BCUT2D eigenvalue weighted by Gasteiger charge is -2.11. The Kier molecular flexibility index (Phi) is 4.50. The molecular weight excluding hydrogens is 399 g/mol. The zero-order chi connectivity index (χ0) is 14.0. The Labute approximate surface area is 131 Å². The fourth-order valence-electron chi connectivity index (χ4n) is 1.47. The highest BCUT2D eigenvalue weighted by Gasteiger charge is 2.16. The summed E-state index contributed by atoms with van der Waals surface area (Å²) in [5, 5.41) is 9.58. The molecule has 0 aliphatic carbocycles. The molecule has 3 nitrogen and oxygen atoms in total. The normalized spacial score (nSPS) is 10.3. The number of rotatable bonds is 3. The Morgan fingerprint density at radius 2 is 1.89 bits per heavy atom. The standard InChI is InChI=1S/C13H7Br2ClO3/c14-7-4-5-10(9(16)6-7)19-11-3-1-2-8(15)12(11)13(17)18/h1-6H,(H,17,18). The van der Waals surface area contributed by atoms with E-state index in [2.05, 4.69) is 31.9 Å². The van der Waals surface area contributed by atoms with Crippen LogP contribution in [0, 0.1) is 0 Å². The van der Waals surface area contributed by atoms with Gasteiger partial charge in [-0.3, -0.25) is 0 Å². The number of aromatic carboxylic acids is 1. The van der Waals surface area contributed by atoms with Gasteiger partial charge in [-0.1, -0.05) is 33.6 Å². The number of hydrogen-bond donors (Lipinski definition) is 1. The summed E-state index contributed by atoms with van der Waals surface area (Å²) in [6, 6.07) is 10.0. The van der Waals surface area contributed by atoms with Crippen molar-refractivity contribution in [2.75, 3.05) is 0 Å². The quantitative estimate of drug-likeness (QED) is 0.747. The molecule has 0 saturated heterocycles. The summed E-state index contributed by atoms with van der Waals surface area (Å²) in [5.74, 6) is -0.452. The highest BCUT2D eigenvalue weighted by molar-refractivity contribution is 9.10. The maximum absolute atomic E-state index is 11.2. The van der Waals surface area contributed by atoms with E-state index in [1.807, 2.05) is 0 Å². The lowest BCUT2D eigenvalue weighted by molar-refractivity contribution is 0.0693. The van der Waals surface area contributed by atoms with Crippen LogP contribution < -0.4 is 4.74 Å². The van der Waals surface area contributed by atoms with Crippen LogP contribution in [-0.4, -0.2) is 11.1 Å². The average molecular weight is 406 g/mol. The molecule has 98 valence electrons. The predicted molar refractivity (Wildman–Crippen MR) is 80.3 cm³/mol. The van der Waals surface area contributed by atoms with Crippen LogP contribution in [0.15, 0.2) is 45.3 Å². The smallest absolute Gasteiger partial charge is 0.340 e. The number of ether oxygens (including phenoxy) is 1. The van der Waals surface area contributed by atoms with Gasteiger partial charge in [0.15, 0.2) is 0 Å². The third-order valence-corrected chi connectivity index (χ3v) is 3.75. The molecule has 0 spiro atoms. The highest BCUT2D eigenvalue weighted by atomic mass is 79.9. The van der Waals surface area contributed by atoms with E-state index >= 15 is 0 Å². The van der Waals surface area contributed by atoms with Crippen molar-refractivity contribution in [1.29, 1.82) is 0 Å². The highest BCUT2D eigenvalue weighted by Crippen LogP contribution is 2.35. The minimum Gasteiger partial charge on any atom is -0.478 e. The Hall–Kier alpha value is -1.04. The Morgan fingerprint density at radius 3 is 2.53 bits per heavy atom. The molecule has 0 heterocycles. The Morgan fingerprint density at radius 1 is 1.16 bits per heavy atom. The molecule has 6 heteroatoms. The average Bonchev–Trinajstić information content (AvgIpc) is 2.32. The summed E-state index contributed by atoms with van der Waals surface area (Å²) in [7, 11) is 0. The topological polar surface area (TPSA) is 46.5 Å². The van der Waals surface area contributed by atoms with Gasteiger partial charge in [0.2, 0.25) is 0 Å². The number of halogens is 3. The molecule has 0 atom stereocenters. The summed E-state index contributed by atoms with van der Waals surface area (Å²) in [6.45, 7) is 0. The first-order valence-electron chi connectivity index (χ1n) is 5.13. The van der Waals surface area contributed by atoms with Crippen molar-refractivity contribution in [3.63, 3.8) is 0 Å². The van der Waals surface area contributed by atoms with E-state index in [9.17, 15) is 9.90 Å². The second kappa shape index (κ2) is 5.94. The van der Waals surface area contributed by atoms with Crippen molar-refractivity contribution < 1.29 is 14.6 Å². The molecule has 0 bridgehead atoms. The maximum atomic E-state index is 11.2. The van der Waals surface area contributed by atoms with E-state index in [0.717, 1.165) is 4.47 Å². The van der Waals surface area contributed by atoms with Crippen molar-refractivity contribution in [1.82, 2.24) is 0 Å². The molecule has 0 radical (unpaired) electrons. The van der Waals surface area contributed by atoms with Gasteiger partial charge in [-0.05, 0) is 46.3 Å². The molecule has 0 aliphatic rings. The molecular formula is C13H7Br2ClO3. The fourth-order valence-corrected chi connectivity index (χ4v) is 2.70. The lowest BCUT2D eigenvalue weighted by atomic mass is 10.2. The Bertz CT molecular complexity index is 644. The number of benzene rings is 2. The van der Waals surface area contributed by atoms with Gasteiger partial charge in [0.05, 0.1) is 5.02 Å². The van der Waals surface area contributed by atoms with Crippen LogP contribution >= 0.6 is 43.5 Å². The first-order chi connectivity index (χ1) is 8.99. The van der Waals surface area contributed by atoms with Gasteiger partial charge >= 0.3 is 5.97 Å². The van der Waals surface area contributed by atoms with Gasteiger partial charge < -0.3 is 9.84 Å².